The van der Waals surface area contributed by atoms with E-state index < -0.39 is 28.5 Å². The van der Waals surface area contributed by atoms with Gasteiger partial charge in [0, 0.05) is 24.1 Å². The first-order valence-electron chi connectivity index (χ1n) is 12.5. The summed E-state index contributed by atoms with van der Waals surface area (Å²) in [5.41, 5.74) is 2.78. The third-order valence-electron chi connectivity index (χ3n) is 6.40. The fourth-order valence-corrected chi connectivity index (χ4v) is 5.98. The number of ether oxygens (including phenoxy) is 2. The molecule has 0 aliphatic rings. The van der Waals surface area contributed by atoms with Crippen molar-refractivity contribution in [2.24, 2.45) is 0 Å². The molecule has 0 spiro atoms. The largest absolute Gasteiger partial charge is 0.493 e. The number of methoxy groups -OCH3 is 2. The van der Waals surface area contributed by atoms with Crippen molar-refractivity contribution in [3.63, 3.8) is 0 Å². The number of halogens is 1. The smallest absolute Gasteiger partial charge is 0.264 e. The third-order valence-corrected chi connectivity index (χ3v) is 8.69. The van der Waals surface area contributed by atoms with E-state index in [1.165, 1.54) is 44.4 Å². The molecule has 0 bridgehead atoms. The molecule has 3 aromatic carbocycles. The third kappa shape index (κ3) is 7.14. The second kappa shape index (κ2) is 13.2. The van der Waals surface area contributed by atoms with E-state index in [-0.39, 0.29) is 23.1 Å². The highest BCUT2D eigenvalue weighted by molar-refractivity contribution is 9.10. The molecule has 1 atom stereocenters. The Morgan fingerprint density at radius 3 is 2.08 bits per heavy atom. The van der Waals surface area contributed by atoms with E-state index in [4.69, 9.17) is 9.47 Å². The Morgan fingerprint density at radius 2 is 1.52 bits per heavy atom. The van der Waals surface area contributed by atoms with E-state index in [9.17, 15) is 18.0 Å². The van der Waals surface area contributed by atoms with E-state index in [1.807, 2.05) is 44.2 Å². The Balaban J connectivity index is 2.10. The zero-order valence-electron chi connectivity index (χ0n) is 23.4. The van der Waals surface area contributed by atoms with Gasteiger partial charge in [-0.1, -0.05) is 34.1 Å². The van der Waals surface area contributed by atoms with Crippen LogP contribution in [0.5, 0.6) is 11.5 Å². The molecule has 40 heavy (non-hydrogen) atoms. The number of carbonyl (C=O) groups is 2. The van der Waals surface area contributed by atoms with Gasteiger partial charge in [-0.2, -0.15) is 0 Å². The lowest BCUT2D eigenvalue weighted by atomic mass is 10.1. The molecule has 1 N–H and O–H groups in total. The number of anilines is 1. The number of benzene rings is 3. The molecule has 2 amide bonds. The summed E-state index contributed by atoms with van der Waals surface area (Å²) in [5.74, 6) is -0.302. The number of hydrogen-bond acceptors (Lipinski definition) is 6. The fourth-order valence-electron chi connectivity index (χ4n) is 4.31. The summed E-state index contributed by atoms with van der Waals surface area (Å²) in [6, 6.07) is 16.1. The molecule has 0 aliphatic heterocycles. The van der Waals surface area contributed by atoms with Crippen LogP contribution in [0.3, 0.4) is 0 Å². The Morgan fingerprint density at radius 1 is 0.925 bits per heavy atom. The SMILES string of the molecule is CNC(=O)[C@@H](C)N(Cc1ccc(Br)cc1)C(=O)CN(c1cc(C)cc(C)c1)S(=O)(=O)c1ccc(OC)c(OC)c1. The number of carbonyl (C=O) groups excluding carboxylic acids is 2. The molecule has 0 radical (unpaired) electrons. The highest BCUT2D eigenvalue weighted by Crippen LogP contribution is 2.33. The number of hydrogen-bond donors (Lipinski definition) is 1. The maximum absolute atomic E-state index is 14.1. The van der Waals surface area contributed by atoms with Gasteiger partial charge in [0.15, 0.2) is 11.5 Å². The Kier molecular flexibility index (Phi) is 10.2. The lowest BCUT2D eigenvalue weighted by Crippen LogP contribution is -2.50. The van der Waals surface area contributed by atoms with Gasteiger partial charge in [0.1, 0.15) is 12.6 Å². The molecule has 0 fully saturated rings. The topological polar surface area (TPSA) is 105 Å². The van der Waals surface area contributed by atoms with Gasteiger partial charge in [-0.25, -0.2) is 8.42 Å². The van der Waals surface area contributed by atoms with Crippen molar-refractivity contribution in [2.75, 3.05) is 32.1 Å². The van der Waals surface area contributed by atoms with Crippen LogP contribution in [0.25, 0.3) is 0 Å². The number of aryl methyl sites for hydroxylation is 2. The van der Waals surface area contributed by atoms with Gasteiger partial charge in [-0.05, 0) is 73.9 Å². The van der Waals surface area contributed by atoms with Gasteiger partial charge in [0.25, 0.3) is 10.0 Å². The average molecular weight is 633 g/mol. The predicted octanol–water partition coefficient (Wildman–Crippen LogP) is 4.44. The van der Waals surface area contributed by atoms with Crippen molar-refractivity contribution in [3.8, 4) is 11.5 Å². The lowest BCUT2D eigenvalue weighted by Gasteiger charge is -2.32. The standard InChI is InChI=1S/C29H34BrN3O6S/c1-19-13-20(2)15-24(14-19)33(40(36,37)25-11-12-26(38-5)27(16-25)39-6)18-28(34)32(21(3)29(35)31-4)17-22-7-9-23(30)10-8-22/h7-16,21H,17-18H2,1-6H3,(H,31,35)/t21-/m1/s1. The maximum atomic E-state index is 14.1. The van der Waals surface area contributed by atoms with Gasteiger partial charge in [-0.3, -0.25) is 13.9 Å². The number of sulfonamides is 1. The summed E-state index contributed by atoms with van der Waals surface area (Å²) in [4.78, 5) is 27.8. The molecular formula is C29H34BrN3O6S. The van der Waals surface area contributed by atoms with Crippen LogP contribution < -0.4 is 19.1 Å². The second-order valence-corrected chi connectivity index (χ2v) is 12.1. The van der Waals surface area contributed by atoms with E-state index in [1.54, 1.807) is 19.1 Å². The zero-order valence-corrected chi connectivity index (χ0v) is 25.8. The Labute approximate surface area is 244 Å². The monoisotopic (exact) mass is 631 g/mol. The second-order valence-electron chi connectivity index (χ2n) is 9.31. The summed E-state index contributed by atoms with van der Waals surface area (Å²) in [6.45, 7) is 4.90. The Hall–Kier alpha value is -3.57. The van der Waals surface area contributed by atoms with Gasteiger partial charge in [0.2, 0.25) is 11.8 Å². The molecule has 3 rings (SSSR count). The summed E-state index contributed by atoms with van der Waals surface area (Å²) in [5, 5.41) is 2.58. The predicted molar refractivity (Wildman–Crippen MR) is 158 cm³/mol. The normalized spacial score (nSPS) is 11.9. The quantitative estimate of drug-likeness (QED) is 0.335. The highest BCUT2D eigenvalue weighted by atomic mass is 79.9. The fraction of sp³-hybridized carbons (Fsp3) is 0.310. The molecule has 0 aliphatic carbocycles. The first-order valence-corrected chi connectivity index (χ1v) is 14.7. The van der Waals surface area contributed by atoms with E-state index >= 15 is 0 Å². The molecule has 0 saturated carbocycles. The summed E-state index contributed by atoms with van der Waals surface area (Å²) in [7, 11) is 0.105. The first kappa shape index (κ1) is 31.0. The highest BCUT2D eigenvalue weighted by Gasteiger charge is 2.33. The summed E-state index contributed by atoms with van der Waals surface area (Å²) < 4.78 is 40.8. The van der Waals surface area contributed by atoms with Crippen LogP contribution in [-0.2, 0) is 26.2 Å². The van der Waals surface area contributed by atoms with Gasteiger partial charge < -0.3 is 19.7 Å². The van der Waals surface area contributed by atoms with Crippen molar-refractivity contribution in [1.82, 2.24) is 10.2 Å². The Bertz CT molecular complexity index is 1460. The van der Waals surface area contributed by atoms with Crippen molar-refractivity contribution in [3.05, 3.63) is 81.8 Å². The molecular weight excluding hydrogens is 598 g/mol. The van der Waals surface area contributed by atoms with Crippen molar-refractivity contribution in [1.29, 1.82) is 0 Å². The van der Waals surface area contributed by atoms with E-state index in [0.717, 1.165) is 25.5 Å². The summed E-state index contributed by atoms with van der Waals surface area (Å²) in [6.07, 6.45) is 0. The van der Waals surface area contributed by atoms with Gasteiger partial charge in [-0.15, -0.1) is 0 Å². The zero-order chi connectivity index (χ0) is 29.6. The van der Waals surface area contributed by atoms with Crippen molar-refractivity contribution < 1.29 is 27.5 Å². The maximum Gasteiger partial charge on any atom is 0.264 e. The molecule has 0 heterocycles. The minimum absolute atomic E-state index is 0.0732. The first-order chi connectivity index (χ1) is 18.9. The number of nitrogens with zero attached hydrogens (tertiary/aromatic N) is 2. The number of amides is 2. The van der Waals surface area contributed by atoms with Crippen LogP contribution in [0, 0.1) is 13.8 Å². The van der Waals surface area contributed by atoms with E-state index in [0.29, 0.717) is 11.4 Å². The van der Waals surface area contributed by atoms with Crippen molar-refractivity contribution in [2.45, 2.75) is 38.3 Å². The van der Waals surface area contributed by atoms with Crippen LogP contribution in [0.1, 0.15) is 23.6 Å². The molecule has 9 nitrogen and oxygen atoms in total. The van der Waals surface area contributed by atoms with Gasteiger partial charge in [0.05, 0.1) is 24.8 Å². The molecule has 214 valence electrons. The number of likely N-dealkylation sites (N-methyl/N-ethyl adjacent to an activating group) is 1. The number of nitrogens with one attached hydrogen (secondary N) is 1. The molecule has 0 aromatic heterocycles. The molecule has 0 unspecified atom stereocenters. The minimum Gasteiger partial charge on any atom is -0.493 e. The molecule has 11 heteroatoms. The van der Waals surface area contributed by atoms with Crippen LogP contribution >= 0.6 is 15.9 Å². The number of rotatable bonds is 11. The van der Waals surface area contributed by atoms with Crippen LogP contribution in [-0.4, -0.2) is 59.0 Å². The molecule has 0 saturated heterocycles. The van der Waals surface area contributed by atoms with E-state index in [2.05, 4.69) is 21.2 Å². The van der Waals surface area contributed by atoms with Crippen molar-refractivity contribution >= 4 is 43.5 Å². The molecule has 3 aromatic rings. The van der Waals surface area contributed by atoms with Crippen LogP contribution in [0.4, 0.5) is 5.69 Å². The average Bonchev–Trinajstić information content (AvgIpc) is 2.93. The van der Waals surface area contributed by atoms with Crippen LogP contribution in [0.15, 0.2) is 70.0 Å². The van der Waals surface area contributed by atoms with Gasteiger partial charge >= 0.3 is 0 Å². The lowest BCUT2D eigenvalue weighted by molar-refractivity contribution is -0.139. The van der Waals surface area contributed by atoms with Crippen LogP contribution in [0.2, 0.25) is 0 Å². The summed E-state index contributed by atoms with van der Waals surface area (Å²) >= 11 is 3.40. The minimum atomic E-state index is -4.26.